The van der Waals surface area contributed by atoms with Crippen LogP contribution in [0.1, 0.15) is 18.4 Å². The maximum atomic E-state index is 12.1. The van der Waals surface area contributed by atoms with Gasteiger partial charge in [-0.25, -0.2) is 0 Å². The van der Waals surface area contributed by atoms with Gasteiger partial charge in [0.05, 0.1) is 6.42 Å². The van der Waals surface area contributed by atoms with E-state index in [1.54, 1.807) is 0 Å². The van der Waals surface area contributed by atoms with Crippen LogP contribution in [0.15, 0.2) is 42.5 Å². The van der Waals surface area contributed by atoms with Gasteiger partial charge < -0.3 is 11.1 Å². The summed E-state index contributed by atoms with van der Waals surface area (Å²) >= 11 is 0. The van der Waals surface area contributed by atoms with Crippen molar-refractivity contribution in [1.29, 1.82) is 0 Å². The van der Waals surface area contributed by atoms with Gasteiger partial charge in [-0.15, -0.1) is 12.4 Å². The standard InChI is InChI=1S/C17H20N2O.ClH/c18-11-16(14-7-8-14)19-17(20)10-12-5-6-13-3-1-2-4-15(13)9-12;/h1-6,9,14,16H,7-8,10-11,18H2,(H,19,20);1H. The summed E-state index contributed by atoms with van der Waals surface area (Å²) < 4.78 is 0. The van der Waals surface area contributed by atoms with E-state index in [4.69, 9.17) is 5.73 Å². The van der Waals surface area contributed by atoms with E-state index in [-0.39, 0.29) is 24.4 Å². The van der Waals surface area contributed by atoms with Crippen LogP contribution >= 0.6 is 12.4 Å². The van der Waals surface area contributed by atoms with Crippen LogP contribution in [0.25, 0.3) is 10.8 Å². The molecule has 0 bridgehead atoms. The minimum absolute atomic E-state index is 0. The zero-order chi connectivity index (χ0) is 13.9. The number of hydrogen-bond donors (Lipinski definition) is 2. The zero-order valence-electron chi connectivity index (χ0n) is 11.9. The summed E-state index contributed by atoms with van der Waals surface area (Å²) in [6.45, 7) is 0.536. The van der Waals surface area contributed by atoms with Crippen LogP contribution in [0.4, 0.5) is 0 Å². The summed E-state index contributed by atoms with van der Waals surface area (Å²) in [5.41, 5.74) is 6.76. The topological polar surface area (TPSA) is 55.1 Å². The number of rotatable bonds is 5. The Bertz CT molecular complexity index is 625. The molecule has 1 aliphatic carbocycles. The van der Waals surface area contributed by atoms with Crippen molar-refractivity contribution in [2.45, 2.75) is 25.3 Å². The predicted octanol–water partition coefficient (Wildman–Crippen LogP) is 2.66. The number of amides is 1. The fourth-order valence-electron chi connectivity index (χ4n) is 2.66. The Balaban J connectivity index is 0.00000161. The van der Waals surface area contributed by atoms with Crippen molar-refractivity contribution in [1.82, 2.24) is 5.32 Å². The van der Waals surface area contributed by atoms with Gasteiger partial charge in [0.1, 0.15) is 0 Å². The molecule has 1 aliphatic rings. The lowest BCUT2D eigenvalue weighted by Crippen LogP contribution is -2.42. The van der Waals surface area contributed by atoms with Crippen molar-refractivity contribution < 1.29 is 4.79 Å². The Morgan fingerprint density at radius 3 is 2.57 bits per heavy atom. The van der Waals surface area contributed by atoms with Crippen LogP contribution in [0, 0.1) is 5.92 Å². The van der Waals surface area contributed by atoms with Crippen molar-refractivity contribution in [2.24, 2.45) is 11.7 Å². The summed E-state index contributed by atoms with van der Waals surface area (Å²) in [6, 6.07) is 14.5. The number of halogens is 1. The lowest BCUT2D eigenvalue weighted by atomic mass is 10.0. The SMILES string of the molecule is Cl.NCC(NC(=O)Cc1ccc2ccccc2c1)C1CC1. The molecule has 0 heterocycles. The molecule has 2 aromatic rings. The summed E-state index contributed by atoms with van der Waals surface area (Å²) in [6.07, 6.45) is 2.81. The van der Waals surface area contributed by atoms with E-state index in [9.17, 15) is 4.79 Å². The largest absolute Gasteiger partial charge is 0.352 e. The molecule has 0 radical (unpaired) electrons. The van der Waals surface area contributed by atoms with Gasteiger partial charge in [-0.3, -0.25) is 4.79 Å². The minimum atomic E-state index is 0. The van der Waals surface area contributed by atoms with Gasteiger partial charge in [-0.1, -0.05) is 42.5 Å². The first kappa shape index (κ1) is 15.8. The molecule has 0 spiro atoms. The van der Waals surface area contributed by atoms with E-state index in [0.29, 0.717) is 18.9 Å². The Morgan fingerprint density at radius 1 is 1.19 bits per heavy atom. The molecule has 3 nitrogen and oxygen atoms in total. The third-order valence-electron chi connectivity index (χ3n) is 3.97. The molecule has 1 unspecified atom stereocenters. The quantitative estimate of drug-likeness (QED) is 0.892. The monoisotopic (exact) mass is 304 g/mol. The highest BCUT2D eigenvalue weighted by Gasteiger charge is 2.31. The Kier molecular flexibility index (Phi) is 5.21. The van der Waals surface area contributed by atoms with Crippen molar-refractivity contribution in [3.63, 3.8) is 0 Å². The Morgan fingerprint density at radius 2 is 1.90 bits per heavy atom. The van der Waals surface area contributed by atoms with E-state index >= 15 is 0 Å². The second-order valence-electron chi connectivity index (χ2n) is 5.61. The number of carbonyl (C=O) groups excluding carboxylic acids is 1. The van der Waals surface area contributed by atoms with Gasteiger partial charge in [0, 0.05) is 12.6 Å². The van der Waals surface area contributed by atoms with E-state index in [2.05, 4.69) is 29.6 Å². The number of carbonyl (C=O) groups is 1. The number of fused-ring (bicyclic) bond motifs is 1. The summed E-state index contributed by atoms with van der Waals surface area (Å²) in [5.74, 6) is 0.670. The fourth-order valence-corrected chi connectivity index (χ4v) is 2.66. The fraction of sp³-hybridized carbons (Fsp3) is 0.353. The first-order valence-corrected chi connectivity index (χ1v) is 7.23. The smallest absolute Gasteiger partial charge is 0.224 e. The maximum absolute atomic E-state index is 12.1. The molecule has 21 heavy (non-hydrogen) atoms. The Hall–Kier alpha value is -1.58. The molecule has 0 saturated heterocycles. The van der Waals surface area contributed by atoms with Crippen molar-refractivity contribution in [3.05, 3.63) is 48.0 Å². The normalized spacial score (nSPS) is 15.3. The number of hydrogen-bond acceptors (Lipinski definition) is 2. The lowest BCUT2D eigenvalue weighted by molar-refractivity contribution is -0.121. The predicted molar refractivity (Wildman–Crippen MR) is 88.6 cm³/mol. The number of benzene rings is 2. The van der Waals surface area contributed by atoms with Crippen LogP contribution in [-0.4, -0.2) is 18.5 Å². The first-order valence-electron chi connectivity index (χ1n) is 7.23. The molecule has 4 heteroatoms. The van der Waals surface area contributed by atoms with Gasteiger partial charge >= 0.3 is 0 Å². The maximum Gasteiger partial charge on any atom is 0.224 e. The highest BCUT2D eigenvalue weighted by atomic mass is 35.5. The van der Waals surface area contributed by atoms with Gasteiger partial charge in [0.2, 0.25) is 5.91 Å². The average Bonchev–Trinajstić information content (AvgIpc) is 3.29. The third-order valence-corrected chi connectivity index (χ3v) is 3.97. The molecule has 1 atom stereocenters. The van der Waals surface area contributed by atoms with Crippen LogP contribution < -0.4 is 11.1 Å². The van der Waals surface area contributed by atoms with Crippen LogP contribution in [0.5, 0.6) is 0 Å². The van der Waals surface area contributed by atoms with Crippen LogP contribution in [0.3, 0.4) is 0 Å². The summed E-state index contributed by atoms with van der Waals surface area (Å²) in [5, 5.41) is 5.44. The molecule has 0 aliphatic heterocycles. The van der Waals surface area contributed by atoms with Crippen molar-refractivity contribution in [3.8, 4) is 0 Å². The van der Waals surface area contributed by atoms with Gasteiger partial charge in [-0.2, -0.15) is 0 Å². The first-order chi connectivity index (χ1) is 9.76. The van der Waals surface area contributed by atoms with Gasteiger partial charge in [0.15, 0.2) is 0 Å². The summed E-state index contributed by atoms with van der Waals surface area (Å²) in [4.78, 5) is 12.1. The molecule has 3 N–H and O–H groups in total. The average molecular weight is 305 g/mol. The highest BCUT2D eigenvalue weighted by Crippen LogP contribution is 2.32. The molecule has 2 aromatic carbocycles. The van der Waals surface area contributed by atoms with Crippen LogP contribution in [0.2, 0.25) is 0 Å². The molecule has 1 amide bonds. The molecule has 1 saturated carbocycles. The number of nitrogens with one attached hydrogen (secondary N) is 1. The Labute approximate surface area is 131 Å². The second-order valence-corrected chi connectivity index (χ2v) is 5.61. The van der Waals surface area contributed by atoms with Crippen molar-refractivity contribution in [2.75, 3.05) is 6.54 Å². The van der Waals surface area contributed by atoms with E-state index in [1.165, 1.54) is 23.6 Å². The summed E-state index contributed by atoms with van der Waals surface area (Å²) in [7, 11) is 0. The molecule has 0 aromatic heterocycles. The zero-order valence-corrected chi connectivity index (χ0v) is 12.7. The van der Waals surface area contributed by atoms with E-state index in [1.807, 2.05) is 18.2 Å². The highest BCUT2D eigenvalue weighted by molar-refractivity contribution is 5.86. The number of nitrogens with two attached hydrogens (primary N) is 1. The van der Waals surface area contributed by atoms with E-state index < -0.39 is 0 Å². The van der Waals surface area contributed by atoms with Crippen molar-refractivity contribution >= 4 is 29.1 Å². The molecular formula is C17H21ClN2O. The van der Waals surface area contributed by atoms with Gasteiger partial charge in [-0.05, 0) is 35.1 Å². The second kappa shape index (κ2) is 6.92. The lowest BCUT2D eigenvalue weighted by Gasteiger charge is -2.16. The van der Waals surface area contributed by atoms with Gasteiger partial charge in [0.25, 0.3) is 0 Å². The minimum Gasteiger partial charge on any atom is -0.352 e. The molecule has 1 fully saturated rings. The third kappa shape index (κ3) is 3.96. The van der Waals surface area contributed by atoms with Crippen LogP contribution in [-0.2, 0) is 11.2 Å². The molecule has 112 valence electrons. The molecular weight excluding hydrogens is 284 g/mol. The molecule has 3 rings (SSSR count). The van der Waals surface area contributed by atoms with E-state index in [0.717, 1.165) is 5.56 Å².